The number of ether oxygens (including phenoxy) is 1. The second-order valence-corrected chi connectivity index (χ2v) is 5.69. The first kappa shape index (κ1) is 14.3. The molecule has 0 amide bonds. The van der Waals surface area contributed by atoms with Gasteiger partial charge in [-0.25, -0.2) is 0 Å². The fourth-order valence-corrected chi connectivity index (χ4v) is 2.95. The highest BCUT2D eigenvalue weighted by Crippen LogP contribution is 2.46. The number of hydrogen-bond donors (Lipinski definition) is 1. The number of hydrogen-bond acceptors (Lipinski definition) is 4. The fourth-order valence-electron chi connectivity index (χ4n) is 2.41. The number of pyridine rings is 1. The maximum absolute atomic E-state index is 11.6. The van der Waals surface area contributed by atoms with Crippen LogP contribution >= 0.6 is 23.2 Å². The maximum Gasteiger partial charge on any atom is 0.226 e. The minimum absolute atomic E-state index is 0.120. The number of benzene rings is 1. The Morgan fingerprint density at radius 3 is 2.71 bits per heavy atom. The Morgan fingerprint density at radius 1 is 1.33 bits per heavy atom. The predicted octanol–water partition coefficient (Wildman–Crippen LogP) is 3.95. The van der Waals surface area contributed by atoms with Crippen molar-refractivity contribution in [3.63, 3.8) is 0 Å². The molecule has 2 heterocycles. The van der Waals surface area contributed by atoms with Gasteiger partial charge in [-0.2, -0.15) is 0 Å². The summed E-state index contributed by atoms with van der Waals surface area (Å²) < 4.78 is 5.43. The minimum Gasteiger partial charge on any atom is -0.458 e. The Hall–Kier alpha value is -1.62. The number of aromatic nitrogens is 1. The highest BCUT2D eigenvalue weighted by atomic mass is 35.5. The SMILES string of the molecule is CC(=O)c1cc2c(nc1C)-c1cc(Cl)cc(Cl)c1O[C@@H]2O. The molecule has 0 unspecified atom stereocenters. The second-order valence-electron chi connectivity index (χ2n) is 4.85. The van der Waals surface area contributed by atoms with Crippen molar-refractivity contribution in [1.29, 1.82) is 0 Å². The first-order valence-electron chi connectivity index (χ1n) is 6.25. The summed E-state index contributed by atoms with van der Waals surface area (Å²) in [6.07, 6.45) is -1.22. The standard InChI is InChI=1S/C15H11Cl2NO3/c1-6-9(7(2)19)5-11-13(18-6)10-3-8(16)4-12(17)14(10)21-15(11)20/h3-5,15,20H,1-2H3/t15-/m0/s1. The molecule has 0 aliphatic carbocycles. The molecule has 6 heteroatoms. The van der Waals surface area contributed by atoms with Gasteiger partial charge in [-0.3, -0.25) is 9.78 Å². The molecule has 3 rings (SSSR count). The van der Waals surface area contributed by atoms with Gasteiger partial charge in [0.2, 0.25) is 6.29 Å². The molecule has 0 saturated heterocycles. The van der Waals surface area contributed by atoms with Crippen molar-refractivity contribution >= 4 is 29.0 Å². The molecule has 1 aromatic carbocycles. The number of carbonyl (C=O) groups is 1. The van der Waals surface area contributed by atoms with E-state index in [9.17, 15) is 9.90 Å². The minimum atomic E-state index is -1.22. The number of aliphatic hydroxyl groups excluding tert-OH is 1. The van der Waals surface area contributed by atoms with E-state index in [1.165, 1.54) is 13.0 Å². The largest absolute Gasteiger partial charge is 0.458 e. The lowest BCUT2D eigenvalue weighted by Gasteiger charge is -2.26. The zero-order valence-corrected chi connectivity index (χ0v) is 12.8. The average molecular weight is 324 g/mol. The van der Waals surface area contributed by atoms with Crippen LogP contribution in [0.5, 0.6) is 5.75 Å². The van der Waals surface area contributed by atoms with Crippen LogP contribution in [-0.2, 0) is 0 Å². The van der Waals surface area contributed by atoms with Crippen LogP contribution in [-0.4, -0.2) is 15.9 Å². The molecule has 1 aromatic heterocycles. The Labute approximate surface area is 131 Å². The summed E-state index contributed by atoms with van der Waals surface area (Å²) in [5.41, 5.74) is 2.59. The van der Waals surface area contributed by atoms with Crippen molar-refractivity contribution in [3.8, 4) is 17.0 Å². The first-order chi connectivity index (χ1) is 9.88. The number of halogens is 2. The van der Waals surface area contributed by atoms with Crippen molar-refractivity contribution in [3.05, 3.63) is 45.1 Å². The predicted molar refractivity (Wildman–Crippen MR) is 80.0 cm³/mol. The van der Waals surface area contributed by atoms with Gasteiger partial charge in [0.05, 0.1) is 10.7 Å². The number of carbonyl (C=O) groups excluding carboxylic acids is 1. The van der Waals surface area contributed by atoms with Crippen LogP contribution in [0.3, 0.4) is 0 Å². The zero-order valence-electron chi connectivity index (χ0n) is 11.3. The lowest BCUT2D eigenvalue weighted by atomic mass is 9.98. The molecule has 0 saturated carbocycles. The maximum atomic E-state index is 11.6. The van der Waals surface area contributed by atoms with Gasteiger partial charge in [-0.15, -0.1) is 0 Å². The van der Waals surface area contributed by atoms with Crippen molar-refractivity contribution in [2.45, 2.75) is 20.1 Å². The topological polar surface area (TPSA) is 59.4 Å². The van der Waals surface area contributed by atoms with Gasteiger partial charge >= 0.3 is 0 Å². The molecular formula is C15H11Cl2NO3. The summed E-state index contributed by atoms with van der Waals surface area (Å²) in [7, 11) is 0. The van der Waals surface area contributed by atoms with E-state index in [0.29, 0.717) is 43.9 Å². The van der Waals surface area contributed by atoms with Gasteiger partial charge in [0.25, 0.3) is 0 Å². The van der Waals surface area contributed by atoms with E-state index in [1.54, 1.807) is 19.1 Å². The molecule has 1 atom stereocenters. The Kier molecular flexibility index (Phi) is 3.40. The normalized spacial score (nSPS) is 16.0. The molecule has 1 N–H and O–H groups in total. The van der Waals surface area contributed by atoms with Gasteiger partial charge in [-0.1, -0.05) is 23.2 Å². The van der Waals surface area contributed by atoms with Crippen molar-refractivity contribution < 1.29 is 14.6 Å². The Balaban J connectivity index is 2.32. The van der Waals surface area contributed by atoms with Gasteiger partial charge in [-0.05, 0) is 32.0 Å². The van der Waals surface area contributed by atoms with Gasteiger partial charge in [0, 0.05) is 27.4 Å². The van der Waals surface area contributed by atoms with Crippen molar-refractivity contribution in [2.24, 2.45) is 0 Å². The summed E-state index contributed by atoms with van der Waals surface area (Å²) in [5, 5.41) is 10.9. The van der Waals surface area contributed by atoms with E-state index < -0.39 is 6.29 Å². The number of aliphatic hydroxyl groups is 1. The smallest absolute Gasteiger partial charge is 0.226 e. The fraction of sp³-hybridized carbons (Fsp3) is 0.200. The van der Waals surface area contributed by atoms with Crippen LogP contribution in [0.25, 0.3) is 11.3 Å². The summed E-state index contributed by atoms with van der Waals surface area (Å²) in [6.45, 7) is 3.19. The third kappa shape index (κ3) is 2.29. The summed E-state index contributed by atoms with van der Waals surface area (Å²) >= 11 is 12.1. The van der Waals surface area contributed by atoms with E-state index >= 15 is 0 Å². The highest BCUT2D eigenvalue weighted by molar-refractivity contribution is 6.36. The van der Waals surface area contributed by atoms with Crippen LogP contribution in [0.1, 0.15) is 34.8 Å². The number of rotatable bonds is 1. The molecule has 2 aromatic rings. The number of Topliss-reactive ketones (excluding diaryl/α,β-unsaturated/α-hetero) is 1. The molecular weight excluding hydrogens is 313 g/mol. The summed E-state index contributed by atoms with van der Waals surface area (Å²) in [6, 6.07) is 4.81. The highest BCUT2D eigenvalue weighted by Gasteiger charge is 2.29. The first-order valence-corrected chi connectivity index (χ1v) is 7.00. The molecule has 108 valence electrons. The molecule has 0 spiro atoms. The Morgan fingerprint density at radius 2 is 2.05 bits per heavy atom. The van der Waals surface area contributed by atoms with Crippen molar-refractivity contribution in [1.82, 2.24) is 4.98 Å². The molecule has 4 nitrogen and oxygen atoms in total. The van der Waals surface area contributed by atoms with Crippen LogP contribution in [0.2, 0.25) is 10.0 Å². The molecule has 0 fully saturated rings. The number of ketones is 1. The number of fused-ring (bicyclic) bond motifs is 3. The second kappa shape index (κ2) is 4.98. The quantitative estimate of drug-likeness (QED) is 0.807. The van der Waals surface area contributed by atoms with Crippen LogP contribution < -0.4 is 4.74 Å². The number of aryl methyl sites for hydroxylation is 1. The summed E-state index contributed by atoms with van der Waals surface area (Å²) in [4.78, 5) is 16.0. The van der Waals surface area contributed by atoms with E-state index in [1.807, 2.05) is 0 Å². The molecule has 1 aliphatic rings. The Bertz CT molecular complexity index is 774. The third-order valence-corrected chi connectivity index (χ3v) is 3.88. The molecule has 1 aliphatic heterocycles. The monoisotopic (exact) mass is 323 g/mol. The lowest BCUT2D eigenvalue weighted by molar-refractivity contribution is -0.0216. The van der Waals surface area contributed by atoms with E-state index in [-0.39, 0.29) is 5.78 Å². The van der Waals surface area contributed by atoms with E-state index in [4.69, 9.17) is 27.9 Å². The van der Waals surface area contributed by atoms with Crippen molar-refractivity contribution in [2.75, 3.05) is 0 Å². The van der Waals surface area contributed by atoms with E-state index in [2.05, 4.69) is 4.98 Å². The molecule has 0 bridgehead atoms. The van der Waals surface area contributed by atoms with Crippen LogP contribution in [0, 0.1) is 6.92 Å². The number of nitrogens with zero attached hydrogens (tertiary/aromatic N) is 1. The van der Waals surface area contributed by atoms with Crippen LogP contribution in [0.15, 0.2) is 18.2 Å². The van der Waals surface area contributed by atoms with Gasteiger partial charge in [0.1, 0.15) is 0 Å². The van der Waals surface area contributed by atoms with E-state index in [0.717, 1.165) is 0 Å². The van der Waals surface area contributed by atoms with Gasteiger partial charge < -0.3 is 9.84 Å². The lowest BCUT2D eigenvalue weighted by Crippen LogP contribution is -2.17. The molecule has 0 radical (unpaired) electrons. The summed E-state index contributed by atoms with van der Waals surface area (Å²) in [5.74, 6) is 0.216. The molecule has 21 heavy (non-hydrogen) atoms. The third-order valence-electron chi connectivity index (χ3n) is 3.38. The van der Waals surface area contributed by atoms with Crippen LogP contribution in [0.4, 0.5) is 0 Å². The average Bonchev–Trinajstić information content (AvgIpc) is 2.39. The zero-order chi connectivity index (χ0) is 15.3. The van der Waals surface area contributed by atoms with Gasteiger partial charge in [0.15, 0.2) is 11.5 Å².